The van der Waals surface area contributed by atoms with E-state index in [0.717, 1.165) is 18.2 Å². The molecule has 0 saturated heterocycles. The highest BCUT2D eigenvalue weighted by molar-refractivity contribution is 5.99. The monoisotopic (exact) mass is 327 g/mol. The summed E-state index contributed by atoms with van der Waals surface area (Å²) in [6.07, 6.45) is 0. The van der Waals surface area contributed by atoms with E-state index in [1.54, 1.807) is 30.3 Å². The Hall–Kier alpha value is -3.55. The van der Waals surface area contributed by atoms with Gasteiger partial charge >= 0.3 is 0 Å². The van der Waals surface area contributed by atoms with E-state index in [1.165, 1.54) is 6.92 Å². The molecular formula is C16H13N3O5. The number of carbonyl (C=O) groups is 1. The van der Waals surface area contributed by atoms with Crippen molar-refractivity contribution >= 4 is 22.9 Å². The van der Waals surface area contributed by atoms with Gasteiger partial charge in [0, 0.05) is 24.6 Å². The molecule has 0 heterocycles. The van der Waals surface area contributed by atoms with E-state index in [1.807, 2.05) is 0 Å². The number of hydrogen-bond donors (Lipinski definition) is 2. The summed E-state index contributed by atoms with van der Waals surface area (Å²) in [4.78, 5) is 21.8. The second-order valence-electron chi connectivity index (χ2n) is 4.75. The van der Waals surface area contributed by atoms with Gasteiger partial charge in [-0.1, -0.05) is 30.3 Å². The van der Waals surface area contributed by atoms with Gasteiger partial charge in [-0.25, -0.2) is 0 Å². The quantitative estimate of drug-likeness (QED) is 0.283. The van der Waals surface area contributed by atoms with E-state index in [-0.39, 0.29) is 28.6 Å². The number of nitrogens with zero attached hydrogens (tertiary/aromatic N) is 3. The zero-order chi connectivity index (χ0) is 17.7. The van der Waals surface area contributed by atoms with Gasteiger partial charge in [0.1, 0.15) is 11.4 Å². The number of allylic oxidation sites excluding steroid dienone is 1. The molecule has 2 N–H and O–H groups in total. The number of azo groups is 1. The zero-order valence-electron chi connectivity index (χ0n) is 12.6. The number of aliphatic hydroxyl groups is 1. The average molecular weight is 327 g/mol. The molecule has 0 unspecified atom stereocenters. The highest BCUT2D eigenvalue weighted by Gasteiger charge is 2.14. The van der Waals surface area contributed by atoms with Gasteiger partial charge in [0.25, 0.3) is 5.69 Å². The number of nitro benzene ring substituents is 1. The lowest BCUT2D eigenvalue weighted by Gasteiger charge is -2.03. The maximum Gasteiger partial charge on any atom is 0.271 e. The first-order valence-electron chi connectivity index (χ1n) is 6.79. The lowest BCUT2D eigenvalue weighted by Crippen LogP contribution is -1.98. The Morgan fingerprint density at radius 2 is 1.83 bits per heavy atom. The first-order chi connectivity index (χ1) is 11.4. The van der Waals surface area contributed by atoms with Crippen LogP contribution in [0.2, 0.25) is 0 Å². The molecule has 0 aliphatic heterocycles. The molecule has 2 aromatic carbocycles. The van der Waals surface area contributed by atoms with Gasteiger partial charge in [-0.2, -0.15) is 0 Å². The normalized spacial score (nSPS) is 12.0. The van der Waals surface area contributed by atoms with Crippen LogP contribution in [-0.4, -0.2) is 20.9 Å². The minimum absolute atomic E-state index is 0.191. The smallest absolute Gasteiger partial charge is 0.271 e. The number of phenols is 1. The molecule has 0 saturated carbocycles. The van der Waals surface area contributed by atoms with Crippen molar-refractivity contribution in [1.82, 2.24) is 0 Å². The Labute approximate surface area is 136 Å². The Kier molecular flexibility index (Phi) is 5.00. The van der Waals surface area contributed by atoms with Gasteiger partial charge in [-0.3, -0.25) is 14.9 Å². The van der Waals surface area contributed by atoms with Crippen LogP contribution in [0.1, 0.15) is 12.5 Å². The van der Waals surface area contributed by atoms with Crippen molar-refractivity contribution in [3.05, 3.63) is 69.9 Å². The van der Waals surface area contributed by atoms with Crippen molar-refractivity contribution in [3.63, 3.8) is 0 Å². The number of Topliss-reactive ketones (excluding diaryl/α,β-unsaturated/α-hetero) is 1. The largest absolute Gasteiger partial charge is 0.506 e. The van der Waals surface area contributed by atoms with Crippen molar-refractivity contribution in [2.24, 2.45) is 10.2 Å². The number of rotatable bonds is 5. The number of non-ortho nitro benzene ring substituents is 1. The molecule has 8 nitrogen and oxygen atoms in total. The number of aliphatic hydroxyl groups excluding tert-OH is 1. The fourth-order valence-corrected chi connectivity index (χ4v) is 1.83. The SMILES string of the molecule is CC(=O)C(N=Nc1cc([N+](=O)[O-])ccc1O)=C(O)c1ccccc1. The third kappa shape index (κ3) is 3.80. The molecule has 0 fully saturated rings. The predicted octanol–water partition coefficient (Wildman–Crippen LogP) is 3.90. The molecule has 0 aliphatic rings. The Morgan fingerprint density at radius 1 is 1.17 bits per heavy atom. The maximum absolute atomic E-state index is 11.7. The minimum Gasteiger partial charge on any atom is -0.506 e. The molecule has 0 aliphatic carbocycles. The van der Waals surface area contributed by atoms with Gasteiger partial charge in [0.15, 0.2) is 17.2 Å². The van der Waals surface area contributed by atoms with Crippen molar-refractivity contribution in [3.8, 4) is 5.75 Å². The predicted molar refractivity (Wildman–Crippen MR) is 85.9 cm³/mol. The van der Waals surface area contributed by atoms with Gasteiger partial charge in [0.05, 0.1) is 4.92 Å². The third-order valence-corrected chi connectivity index (χ3v) is 3.03. The van der Waals surface area contributed by atoms with E-state index in [4.69, 9.17) is 0 Å². The van der Waals surface area contributed by atoms with E-state index in [9.17, 15) is 25.1 Å². The molecule has 2 aromatic rings. The lowest BCUT2D eigenvalue weighted by atomic mass is 10.1. The second-order valence-corrected chi connectivity index (χ2v) is 4.75. The van der Waals surface area contributed by atoms with Crippen LogP contribution in [0.25, 0.3) is 5.76 Å². The molecule has 0 amide bonds. The number of hydrogen-bond acceptors (Lipinski definition) is 7. The van der Waals surface area contributed by atoms with Gasteiger partial charge < -0.3 is 10.2 Å². The first-order valence-corrected chi connectivity index (χ1v) is 6.79. The highest BCUT2D eigenvalue weighted by Crippen LogP contribution is 2.31. The number of aromatic hydroxyl groups is 1. The van der Waals surface area contributed by atoms with Crippen LogP contribution in [-0.2, 0) is 4.79 Å². The van der Waals surface area contributed by atoms with Crippen LogP contribution in [0.15, 0.2) is 64.5 Å². The van der Waals surface area contributed by atoms with Crippen LogP contribution >= 0.6 is 0 Å². The lowest BCUT2D eigenvalue weighted by molar-refractivity contribution is -0.384. The number of carbonyl (C=O) groups excluding carboxylic acids is 1. The van der Waals surface area contributed by atoms with Crippen LogP contribution in [0.5, 0.6) is 5.75 Å². The van der Waals surface area contributed by atoms with Crippen LogP contribution in [0.3, 0.4) is 0 Å². The van der Waals surface area contributed by atoms with Crippen LogP contribution < -0.4 is 0 Å². The standard InChI is InChI=1S/C16H13N3O5/c1-10(20)15(16(22)11-5-3-2-4-6-11)18-17-13-9-12(19(23)24)7-8-14(13)21/h2-9,21-22H,1H3. The highest BCUT2D eigenvalue weighted by atomic mass is 16.6. The van der Waals surface area contributed by atoms with Crippen molar-refractivity contribution in [2.45, 2.75) is 6.92 Å². The fraction of sp³-hybridized carbons (Fsp3) is 0.0625. The summed E-state index contributed by atoms with van der Waals surface area (Å²) < 4.78 is 0. The van der Waals surface area contributed by atoms with Crippen molar-refractivity contribution in [2.75, 3.05) is 0 Å². The van der Waals surface area contributed by atoms with Gasteiger partial charge in [0.2, 0.25) is 0 Å². The molecule has 0 radical (unpaired) electrons. The molecule has 0 aromatic heterocycles. The third-order valence-electron chi connectivity index (χ3n) is 3.03. The molecule has 2 rings (SSSR count). The maximum atomic E-state index is 11.7. The summed E-state index contributed by atoms with van der Waals surface area (Å²) in [6, 6.07) is 11.5. The number of nitro groups is 1. The first kappa shape index (κ1) is 16.8. The van der Waals surface area contributed by atoms with Crippen LogP contribution in [0, 0.1) is 10.1 Å². The fourth-order valence-electron chi connectivity index (χ4n) is 1.83. The number of ketones is 1. The zero-order valence-corrected chi connectivity index (χ0v) is 12.6. The molecule has 24 heavy (non-hydrogen) atoms. The van der Waals surface area contributed by atoms with E-state index >= 15 is 0 Å². The minimum atomic E-state index is -0.651. The molecule has 0 bridgehead atoms. The van der Waals surface area contributed by atoms with E-state index in [2.05, 4.69) is 10.2 Å². The van der Waals surface area contributed by atoms with Crippen molar-refractivity contribution in [1.29, 1.82) is 0 Å². The molecule has 0 atom stereocenters. The molecule has 0 spiro atoms. The Bertz CT molecular complexity index is 844. The summed E-state index contributed by atoms with van der Waals surface area (Å²) in [5.74, 6) is -1.27. The summed E-state index contributed by atoms with van der Waals surface area (Å²) in [7, 11) is 0. The van der Waals surface area contributed by atoms with Crippen molar-refractivity contribution < 1.29 is 19.9 Å². The van der Waals surface area contributed by atoms with E-state index < -0.39 is 10.7 Å². The summed E-state index contributed by atoms with van der Waals surface area (Å²) >= 11 is 0. The molecule has 122 valence electrons. The molecular weight excluding hydrogens is 314 g/mol. The Balaban J connectivity index is 2.46. The van der Waals surface area contributed by atoms with E-state index in [0.29, 0.717) is 5.56 Å². The Morgan fingerprint density at radius 3 is 2.42 bits per heavy atom. The number of phenolic OH excluding ortho intramolecular Hbond substituents is 1. The summed E-state index contributed by atoms with van der Waals surface area (Å²) in [6.45, 7) is 1.20. The average Bonchev–Trinajstić information content (AvgIpc) is 2.56. The summed E-state index contributed by atoms with van der Waals surface area (Å²) in [5, 5.41) is 37.9. The number of benzene rings is 2. The van der Waals surface area contributed by atoms with Gasteiger partial charge in [-0.05, 0) is 6.07 Å². The second kappa shape index (κ2) is 7.14. The molecule has 8 heteroatoms. The summed E-state index contributed by atoms with van der Waals surface area (Å²) in [5.41, 5.74) is -0.441. The van der Waals surface area contributed by atoms with Gasteiger partial charge in [-0.15, -0.1) is 10.2 Å². The van der Waals surface area contributed by atoms with Crippen LogP contribution in [0.4, 0.5) is 11.4 Å². The topological polar surface area (TPSA) is 125 Å².